The van der Waals surface area contributed by atoms with E-state index in [2.05, 4.69) is 53.5 Å². The average Bonchev–Trinajstić information content (AvgIpc) is 3.64. The van der Waals surface area contributed by atoms with Crippen molar-refractivity contribution in [2.75, 3.05) is 39.3 Å². The van der Waals surface area contributed by atoms with Crippen molar-refractivity contribution in [1.29, 1.82) is 0 Å². The molecule has 8 heteroatoms. The number of hydrogen-bond acceptors (Lipinski definition) is 5. The van der Waals surface area contributed by atoms with Crippen molar-refractivity contribution >= 4 is 5.97 Å². The van der Waals surface area contributed by atoms with Crippen LogP contribution in [0.1, 0.15) is 87.7 Å². The fraction of sp³-hybridized carbons (Fsp3) is 0.568. The summed E-state index contributed by atoms with van der Waals surface area (Å²) in [5, 5.41) is 15.1. The Balaban J connectivity index is 1.23. The Hall–Kier alpha value is -3.23. The Morgan fingerprint density at radius 1 is 1.07 bits per heavy atom. The van der Waals surface area contributed by atoms with Crippen molar-refractivity contribution in [2.45, 2.75) is 84.2 Å². The Kier molecular flexibility index (Phi) is 11.3. The second-order valence-electron chi connectivity index (χ2n) is 13.2. The predicted octanol–water partition coefficient (Wildman–Crippen LogP) is 6.82. The molecule has 0 saturated carbocycles. The van der Waals surface area contributed by atoms with Gasteiger partial charge in [-0.2, -0.15) is 5.10 Å². The molecule has 3 aromatic rings. The number of carboxylic acid groups (broad SMARTS) is 1. The number of aryl methyl sites for hydroxylation is 1. The molecule has 7 nitrogen and oxygen atoms in total. The lowest BCUT2D eigenvalue weighted by Gasteiger charge is -2.35. The SMILES string of the molecule is CCCOc1ccc(Cc2cc(C3CCN(C[C@H]4CN([C@@H](C(=O)O)[C@H](C)CC)C[C@@H]4c4cccc(F)c4)CC3)n(CC)n2)cc1. The molecule has 2 aromatic carbocycles. The van der Waals surface area contributed by atoms with Crippen LogP contribution < -0.4 is 4.74 Å². The molecular weight excluding hydrogens is 567 g/mol. The van der Waals surface area contributed by atoms with Gasteiger partial charge < -0.3 is 14.7 Å². The maximum atomic E-state index is 14.3. The molecule has 3 heterocycles. The molecule has 0 amide bonds. The highest BCUT2D eigenvalue weighted by Gasteiger charge is 2.42. The van der Waals surface area contributed by atoms with Gasteiger partial charge in [-0.1, -0.05) is 51.5 Å². The van der Waals surface area contributed by atoms with Gasteiger partial charge in [-0.25, -0.2) is 4.39 Å². The fourth-order valence-corrected chi connectivity index (χ4v) is 7.45. The molecule has 2 aliphatic rings. The van der Waals surface area contributed by atoms with E-state index in [1.807, 2.05) is 25.1 Å². The number of likely N-dealkylation sites (tertiary alicyclic amines) is 2. The summed E-state index contributed by atoms with van der Waals surface area (Å²) in [4.78, 5) is 17.0. The number of carbonyl (C=O) groups is 1. The number of benzene rings is 2. The van der Waals surface area contributed by atoms with E-state index in [9.17, 15) is 14.3 Å². The summed E-state index contributed by atoms with van der Waals surface area (Å²) in [6.07, 6.45) is 4.76. The van der Waals surface area contributed by atoms with Crippen molar-refractivity contribution in [3.8, 4) is 5.75 Å². The van der Waals surface area contributed by atoms with Crippen LogP contribution in [-0.4, -0.2) is 76.0 Å². The third-order valence-corrected chi connectivity index (χ3v) is 10.0. The molecule has 0 bridgehead atoms. The minimum absolute atomic E-state index is 0.0534. The first-order valence-corrected chi connectivity index (χ1v) is 17.0. The topological polar surface area (TPSA) is 70.8 Å². The van der Waals surface area contributed by atoms with Crippen LogP contribution in [0, 0.1) is 17.7 Å². The third-order valence-electron chi connectivity index (χ3n) is 10.0. The van der Waals surface area contributed by atoms with Crippen molar-refractivity contribution in [1.82, 2.24) is 19.6 Å². The fourth-order valence-electron chi connectivity index (χ4n) is 7.45. The third kappa shape index (κ3) is 8.14. The lowest BCUT2D eigenvalue weighted by Crippen LogP contribution is -2.45. The Bertz CT molecular complexity index is 1380. The molecule has 4 atom stereocenters. The van der Waals surface area contributed by atoms with Crippen molar-refractivity contribution in [2.24, 2.45) is 11.8 Å². The summed E-state index contributed by atoms with van der Waals surface area (Å²) in [5.74, 6) is 0.810. The van der Waals surface area contributed by atoms with E-state index >= 15 is 0 Å². The van der Waals surface area contributed by atoms with Gasteiger partial charge in [0.25, 0.3) is 0 Å². The predicted molar refractivity (Wildman–Crippen MR) is 176 cm³/mol. The molecule has 0 spiro atoms. The molecule has 1 N–H and O–H groups in total. The summed E-state index contributed by atoms with van der Waals surface area (Å²) in [7, 11) is 0. The van der Waals surface area contributed by atoms with Gasteiger partial charge in [-0.3, -0.25) is 14.4 Å². The first-order chi connectivity index (χ1) is 21.8. The highest BCUT2D eigenvalue weighted by atomic mass is 19.1. The molecule has 5 rings (SSSR count). The van der Waals surface area contributed by atoms with Crippen LogP contribution in [0.4, 0.5) is 4.39 Å². The Labute approximate surface area is 268 Å². The summed E-state index contributed by atoms with van der Waals surface area (Å²) >= 11 is 0. The molecule has 2 aliphatic heterocycles. The average molecular weight is 619 g/mol. The van der Waals surface area contributed by atoms with Crippen LogP contribution in [0.3, 0.4) is 0 Å². The van der Waals surface area contributed by atoms with Crippen molar-refractivity contribution < 1.29 is 19.0 Å². The minimum Gasteiger partial charge on any atom is -0.494 e. The normalized spacial score (nSPS) is 21.2. The summed E-state index contributed by atoms with van der Waals surface area (Å²) in [5.41, 5.74) is 4.65. The first-order valence-electron chi connectivity index (χ1n) is 17.0. The molecule has 0 unspecified atom stereocenters. The summed E-state index contributed by atoms with van der Waals surface area (Å²) in [6.45, 7) is 14.2. The van der Waals surface area contributed by atoms with Crippen LogP contribution in [0.25, 0.3) is 0 Å². The van der Waals surface area contributed by atoms with Gasteiger partial charge in [-0.15, -0.1) is 0 Å². The number of hydrogen-bond donors (Lipinski definition) is 1. The first kappa shape index (κ1) is 33.1. The maximum absolute atomic E-state index is 14.3. The van der Waals surface area contributed by atoms with E-state index in [1.165, 1.54) is 17.3 Å². The number of ether oxygens (including phenoxy) is 1. The molecular formula is C37H51FN4O3. The zero-order valence-electron chi connectivity index (χ0n) is 27.5. The van der Waals surface area contributed by atoms with Gasteiger partial charge in [0.05, 0.1) is 12.3 Å². The van der Waals surface area contributed by atoms with Crippen LogP contribution >= 0.6 is 0 Å². The van der Waals surface area contributed by atoms with E-state index in [1.54, 1.807) is 12.1 Å². The van der Waals surface area contributed by atoms with Crippen LogP contribution in [-0.2, 0) is 17.8 Å². The van der Waals surface area contributed by atoms with E-state index in [4.69, 9.17) is 9.84 Å². The monoisotopic (exact) mass is 618 g/mol. The zero-order chi connectivity index (χ0) is 31.9. The Morgan fingerprint density at radius 3 is 2.47 bits per heavy atom. The highest BCUT2D eigenvalue weighted by molar-refractivity contribution is 5.74. The van der Waals surface area contributed by atoms with Gasteiger partial charge >= 0.3 is 5.97 Å². The standard InChI is InChI=1S/C37H51FN4O3/c1-5-19-45-33-13-11-27(12-14-33)20-32-22-35(42(7-3)39-32)28-15-17-40(18-16-28)23-30-24-41(36(37(43)44)26(4)6-2)25-34(30)29-9-8-10-31(38)21-29/h8-14,21-22,26,28,30,34,36H,5-7,15-20,23-25H2,1-4H3,(H,43,44)/t26-,30+,34-,36-/m1/s1. The minimum atomic E-state index is -0.756. The number of halogens is 1. The zero-order valence-corrected chi connectivity index (χ0v) is 27.5. The van der Waals surface area contributed by atoms with Crippen LogP contribution in [0.15, 0.2) is 54.6 Å². The van der Waals surface area contributed by atoms with Crippen LogP contribution in [0.2, 0.25) is 0 Å². The molecule has 45 heavy (non-hydrogen) atoms. The number of nitrogens with zero attached hydrogens (tertiary/aromatic N) is 4. The van der Waals surface area contributed by atoms with E-state index in [-0.39, 0.29) is 23.6 Å². The van der Waals surface area contributed by atoms with E-state index in [0.29, 0.717) is 12.5 Å². The molecule has 1 aromatic heterocycles. The van der Waals surface area contributed by atoms with Crippen LogP contribution in [0.5, 0.6) is 5.75 Å². The second kappa shape index (κ2) is 15.4. The van der Waals surface area contributed by atoms with E-state index in [0.717, 1.165) is 88.4 Å². The van der Waals surface area contributed by atoms with Gasteiger partial charge in [0.1, 0.15) is 17.6 Å². The van der Waals surface area contributed by atoms with Crippen molar-refractivity contribution in [3.63, 3.8) is 0 Å². The van der Waals surface area contributed by atoms with Gasteiger partial charge in [0.2, 0.25) is 0 Å². The largest absolute Gasteiger partial charge is 0.494 e. The lowest BCUT2D eigenvalue weighted by molar-refractivity contribution is -0.145. The highest BCUT2D eigenvalue weighted by Crippen LogP contribution is 2.38. The molecule has 0 aliphatic carbocycles. The van der Waals surface area contributed by atoms with Gasteiger partial charge in [-0.05, 0) is 92.6 Å². The van der Waals surface area contributed by atoms with Crippen molar-refractivity contribution in [3.05, 3.63) is 82.9 Å². The Morgan fingerprint density at radius 2 is 1.82 bits per heavy atom. The molecule has 2 fully saturated rings. The lowest BCUT2D eigenvalue weighted by atomic mass is 9.87. The number of aliphatic carboxylic acids is 1. The molecule has 244 valence electrons. The smallest absolute Gasteiger partial charge is 0.321 e. The number of piperidine rings is 1. The van der Waals surface area contributed by atoms with E-state index < -0.39 is 12.0 Å². The maximum Gasteiger partial charge on any atom is 0.321 e. The quantitative estimate of drug-likeness (QED) is 0.214. The summed E-state index contributed by atoms with van der Waals surface area (Å²) in [6, 6.07) is 17.1. The van der Waals surface area contributed by atoms with Gasteiger partial charge in [0.15, 0.2) is 0 Å². The number of aromatic nitrogens is 2. The summed E-state index contributed by atoms with van der Waals surface area (Å²) < 4.78 is 22.2. The molecule has 2 saturated heterocycles. The molecule has 0 radical (unpaired) electrons. The number of rotatable bonds is 14. The number of carboxylic acids is 1. The second-order valence-corrected chi connectivity index (χ2v) is 13.2. The van der Waals surface area contributed by atoms with Gasteiger partial charge in [0, 0.05) is 50.1 Å².